The van der Waals surface area contributed by atoms with Crippen LogP contribution in [0.1, 0.15) is 44.0 Å². The van der Waals surface area contributed by atoms with E-state index in [1.165, 1.54) is 0 Å². The normalized spacial score (nSPS) is 15.8. The number of nitrogens with zero attached hydrogens (tertiary/aromatic N) is 3. The van der Waals surface area contributed by atoms with Crippen LogP contribution in [0.15, 0.2) is 47.3 Å². The minimum atomic E-state index is -0.174. The number of para-hydroxylation sites is 1. The Bertz CT molecular complexity index is 1300. The van der Waals surface area contributed by atoms with Crippen LogP contribution in [0.3, 0.4) is 0 Å². The van der Waals surface area contributed by atoms with Crippen LogP contribution in [-0.2, 0) is 16.0 Å². The quantitative estimate of drug-likeness (QED) is 0.600. The molecular formula is C25H26N4O4. The summed E-state index contributed by atoms with van der Waals surface area (Å²) in [5.41, 5.74) is 1.94. The third kappa shape index (κ3) is 4.20. The predicted octanol–water partition coefficient (Wildman–Crippen LogP) is 3.44. The summed E-state index contributed by atoms with van der Waals surface area (Å²) in [6.07, 6.45) is 3.87. The minimum absolute atomic E-state index is 0.0321. The highest BCUT2D eigenvalue weighted by atomic mass is 16.5. The topological polar surface area (TPSA) is 93.5 Å². The zero-order chi connectivity index (χ0) is 22.9. The van der Waals surface area contributed by atoms with Gasteiger partial charge in [-0.2, -0.15) is 0 Å². The number of anilines is 2. The molecule has 33 heavy (non-hydrogen) atoms. The van der Waals surface area contributed by atoms with Crippen molar-refractivity contribution in [3.8, 4) is 5.75 Å². The van der Waals surface area contributed by atoms with Crippen LogP contribution in [0, 0.1) is 0 Å². The lowest BCUT2D eigenvalue weighted by Gasteiger charge is -2.19. The molecule has 1 saturated heterocycles. The van der Waals surface area contributed by atoms with Crippen LogP contribution in [0.5, 0.6) is 5.75 Å². The standard InChI is InChI=1S/C25H26N4O4/c1-33-21-15-16(8-11-20(21)28-14-4-7-24(28)31)26-23(30)13-12-22-27-19-6-3-2-5-18(19)25(32)29(22)17-9-10-17/h2-3,5-6,8,11,15,17H,4,7,9-10,12-14H2,1H3,(H,26,30). The second-order valence-electron chi connectivity index (χ2n) is 8.54. The Balaban J connectivity index is 1.31. The number of aryl methyl sites for hydroxylation is 1. The van der Waals surface area contributed by atoms with Gasteiger partial charge >= 0.3 is 0 Å². The molecule has 3 aromatic rings. The Kier molecular flexibility index (Phi) is 5.58. The zero-order valence-corrected chi connectivity index (χ0v) is 18.5. The molecule has 2 amide bonds. The Morgan fingerprint density at radius 2 is 2.00 bits per heavy atom. The number of nitrogens with one attached hydrogen (secondary N) is 1. The van der Waals surface area contributed by atoms with Crippen LogP contribution in [-0.4, -0.2) is 35.0 Å². The summed E-state index contributed by atoms with van der Waals surface area (Å²) in [5, 5.41) is 3.51. The first-order valence-corrected chi connectivity index (χ1v) is 11.3. The first-order valence-electron chi connectivity index (χ1n) is 11.3. The second kappa shape index (κ2) is 8.69. The molecular weight excluding hydrogens is 420 g/mol. The van der Waals surface area contributed by atoms with Gasteiger partial charge in [-0.15, -0.1) is 0 Å². The molecule has 2 aromatic carbocycles. The van der Waals surface area contributed by atoms with Gasteiger partial charge in [0.05, 0.1) is 23.7 Å². The number of benzene rings is 2. The Morgan fingerprint density at radius 3 is 2.73 bits per heavy atom. The first kappa shape index (κ1) is 21.2. The third-order valence-electron chi connectivity index (χ3n) is 6.20. The summed E-state index contributed by atoms with van der Waals surface area (Å²) < 4.78 is 7.23. The van der Waals surface area contributed by atoms with E-state index in [9.17, 15) is 14.4 Å². The average molecular weight is 447 g/mol. The Morgan fingerprint density at radius 1 is 1.18 bits per heavy atom. The van der Waals surface area contributed by atoms with Crippen molar-refractivity contribution < 1.29 is 14.3 Å². The molecule has 5 rings (SSSR count). The number of carbonyl (C=O) groups excluding carboxylic acids is 2. The molecule has 8 heteroatoms. The fourth-order valence-corrected chi connectivity index (χ4v) is 4.41. The lowest BCUT2D eigenvalue weighted by molar-refractivity contribution is -0.117. The number of aromatic nitrogens is 2. The van der Waals surface area contributed by atoms with Crippen molar-refractivity contribution in [3.05, 3.63) is 58.6 Å². The van der Waals surface area contributed by atoms with E-state index in [4.69, 9.17) is 9.72 Å². The monoisotopic (exact) mass is 446 g/mol. The van der Waals surface area contributed by atoms with E-state index < -0.39 is 0 Å². The molecule has 2 fully saturated rings. The molecule has 0 spiro atoms. The number of hydrogen-bond donors (Lipinski definition) is 1. The van der Waals surface area contributed by atoms with Crippen molar-refractivity contribution in [2.75, 3.05) is 23.9 Å². The lowest BCUT2D eigenvalue weighted by atomic mass is 10.2. The molecule has 1 N–H and O–H groups in total. The Labute approximate surface area is 191 Å². The van der Waals surface area contributed by atoms with Crippen molar-refractivity contribution in [1.82, 2.24) is 9.55 Å². The van der Waals surface area contributed by atoms with Gasteiger partial charge in [-0.25, -0.2) is 4.98 Å². The lowest BCUT2D eigenvalue weighted by Crippen LogP contribution is -2.25. The summed E-state index contributed by atoms with van der Waals surface area (Å²) in [4.78, 5) is 44.2. The van der Waals surface area contributed by atoms with Gasteiger partial charge in [0.2, 0.25) is 11.8 Å². The van der Waals surface area contributed by atoms with Crippen LogP contribution in [0.4, 0.5) is 11.4 Å². The molecule has 2 aliphatic rings. The zero-order valence-electron chi connectivity index (χ0n) is 18.5. The van der Waals surface area contributed by atoms with Crippen LogP contribution in [0.25, 0.3) is 10.9 Å². The van der Waals surface area contributed by atoms with Gasteiger partial charge in [0, 0.05) is 43.6 Å². The fraction of sp³-hybridized carbons (Fsp3) is 0.360. The Hall–Kier alpha value is -3.68. The van der Waals surface area contributed by atoms with E-state index in [0.29, 0.717) is 53.2 Å². The molecule has 0 bridgehead atoms. The molecule has 1 aliphatic carbocycles. The molecule has 2 heterocycles. The highest BCUT2D eigenvalue weighted by Gasteiger charge is 2.28. The summed E-state index contributed by atoms with van der Waals surface area (Å²) in [5.74, 6) is 1.10. The molecule has 1 aliphatic heterocycles. The van der Waals surface area contributed by atoms with Crippen LogP contribution in [0.2, 0.25) is 0 Å². The van der Waals surface area contributed by atoms with Crippen molar-refractivity contribution in [2.45, 2.75) is 44.6 Å². The smallest absolute Gasteiger partial charge is 0.261 e. The minimum Gasteiger partial charge on any atom is -0.494 e. The second-order valence-corrected chi connectivity index (χ2v) is 8.54. The predicted molar refractivity (Wildman–Crippen MR) is 126 cm³/mol. The number of hydrogen-bond acceptors (Lipinski definition) is 5. The van der Waals surface area contributed by atoms with Gasteiger partial charge in [0.15, 0.2) is 0 Å². The van der Waals surface area contributed by atoms with Gasteiger partial charge in [0.25, 0.3) is 5.56 Å². The maximum atomic E-state index is 13.0. The average Bonchev–Trinajstić information content (AvgIpc) is 3.57. The van der Waals surface area contributed by atoms with E-state index in [-0.39, 0.29) is 29.8 Å². The van der Waals surface area contributed by atoms with Crippen molar-refractivity contribution in [2.24, 2.45) is 0 Å². The maximum absolute atomic E-state index is 13.0. The van der Waals surface area contributed by atoms with Gasteiger partial charge in [-0.05, 0) is 43.5 Å². The van der Waals surface area contributed by atoms with E-state index in [1.54, 1.807) is 40.8 Å². The molecule has 170 valence electrons. The molecule has 0 radical (unpaired) electrons. The third-order valence-corrected chi connectivity index (χ3v) is 6.20. The van der Waals surface area contributed by atoms with E-state index in [0.717, 1.165) is 19.3 Å². The maximum Gasteiger partial charge on any atom is 0.261 e. The summed E-state index contributed by atoms with van der Waals surface area (Å²) in [6.45, 7) is 0.669. The molecule has 0 atom stereocenters. The molecule has 1 aromatic heterocycles. The number of ether oxygens (including phenoxy) is 1. The van der Waals surface area contributed by atoms with Crippen molar-refractivity contribution in [3.63, 3.8) is 0 Å². The summed E-state index contributed by atoms with van der Waals surface area (Å²) in [6, 6.07) is 12.8. The highest BCUT2D eigenvalue weighted by molar-refractivity contribution is 5.98. The van der Waals surface area contributed by atoms with Gasteiger partial charge < -0.3 is 15.0 Å². The van der Waals surface area contributed by atoms with Gasteiger partial charge in [-0.1, -0.05) is 12.1 Å². The number of fused-ring (bicyclic) bond motifs is 1. The fourth-order valence-electron chi connectivity index (χ4n) is 4.41. The number of carbonyl (C=O) groups is 2. The summed E-state index contributed by atoms with van der Waals surface area (Å²) in [7, 11) is 1.55. The van der Waals surface area contributed by atoms with Crippen molar-refractivity contribution >= 4 is 34.1 Å². The molecule has 0 unspecified atom stereocenters. The van der Waals surface area contributed by atoms with Crippen LogP contribution < -0.4 is 20.5 Å². The van der Waals surface area contributed by atoms with E-state index in [2.05, 4.69) is 5.32 Å². The SMILES string of the molecule is COc1cc(NC(=O)CCc2nc3ccccc3c(=O)n2C2CC2)ccc1N1CCCC1=O. The van der Waals surface area contributed by atoms with Crippen molar-refractivity contribution in [1.29, 1.82) is 0 Å². The van der Waals surface area contributed by atoms with E-state index in [1.807, 2.05) is 18.2 Å². The molecule has 8 nitrogen and oxygen atoms in total. The number of amides is 2. The largest absolute Gasteiger partial charge is 0.494 e. The van der Waals surface area contributed by atoms with E-state index >= 15 is 0 Å². The summed E-state index contributed by atoms with van der Waals surface area (Å²) >= 11 is 0. The van der Waals surface area contributed by atoms with Crippen LogP contribution >= 0.6 is 0 Å². The molecule has 1 saturated carbocycles. The van der Waals surface area contributed by atoms with Gasteiger partial charge in [0.1, 0.15) is 11.6 Å². The first-order chi connectivity index (χ1) is 16.0. The highest BCUT2D eigenvalue weighted by Crippen LogP contribution is 2.35. The van der Waals surface area contributed by atoms with Gasteiger partial charge in [-0.3, -0.25) is 19.0 Å². The number of methoxy groups -OCH3 is 1. The number of rotatable bonds is 7.